The van der Waals surface area contributed by atoms with Crippen molar-refractivity contribution in [1.82, 2.24) is 0 Å². The number of amides is 4. The van der Waals surface area contributed by atoms with Gasteiger partial charge in [0, 0.05) is 16.5 Å². The quantitative estimate of drug-likeness (QED) is 0.172. The minimum atomic E-state index is -5.07. The van der Waals surface area contributed by atoms with Crippen LogP contribution in [0.1, 0.15) is 29.9 Å². The first-order valence-electron chi connectivity index (χ1n) is 16.3. The summed E-state index contributed by atoms with van der Waals surface area (Å²) in [5, 5.41) is 11.7. The Labute approximate surface area is 294 Å². The molecular weight excluding hydrogens is 685 g/mol. The predicted octanol–water partition coefficient (Wildman–Crippen LogP) is 7.31. The van der Waals surface area contributed by atoms with Crippen LogP contribution in [-0.4, -0.2) is 35.1 Å². The van der Waals surface area contributed by atoms with E-state index in [1.165, 1.54) is 6.07 Å². The van der Waals surface area contributed by atoms with Crippen molar-refractivity contribution in [2.24, 2.45) is 23.7 Å². The van der Waals surface area contributed by atoms with Gasteiger partial charge in [0.15, 0.2) is 0 Å². The van der Waals surface area contributed by atoms with Gasteiger partial charge in [0.25, 0.3) is 0 Å². The van der Waals surface area contributed by atoms with Crippen molar-refractivity contribution in [2.45, 2.75) is 30.5 Å². The van der Waals surface area contributed by atoms with Gasteiger partial charge in [0.2, 0.25) is 23.6 Å². The summed E-state index contributed by atoms with van der Waals surface area (Å²) in [6.45, 7) is 0. The number of benzene rings is 4. The lowest BCUT2D eigenvalue weighted by Crippen LogP contribution is -2.53. The van der Waals surface area contributed by atoms with Crippen LogP contribution in [0, 0.1) is 23.7 Å². The zero-order valence-electron chi connectivity index (χ0n) is 26.6. The third-order valence-corrected chi connectivity index (χ3v) is 11.0. The molecule has 2 saturated heterocycles. The van der Waals surface area contributed by atoms with Gasteiger partial charge in [-0.15, -0.1) is 13.2 Å². The summed E-state index contributed by atoms with van der Waals surface area (Å²) >= 11 is 6.32. The zero-order chi connectivity index (χ0) is 35.8. The number of carbonyl (C=O) groups excluding carboxylic acids is 4. The Morgan fingerprint density at radius 2 is 1.45 bits per heavy atom. The molecule has 51 heavy (non-hydrogen) atoms. The summed E-state index contributed by atoms with van der Waals surface area (Å²) in [5.74, 6) is -8.15. The lowest BCUT2D eigenvalue weighted by Gasteiger charge is -2.50. The molecule has 2 aliphatic carbocycles. The lowest BCUT2D eigenvalue weighted by atomic mass is 9.49. The molecule has 0 aromatic heterocycles. The second-order valence-corrected chi connectivity index (χ2v) is 13.6. The van der Waals surface area contributed by atoms with E-state index in [0.29, 0.717) is 16.8 Å². The molecule has 4 amide bonds. The Kier molecular flexibility index (Phi) is 7.60. The average Bonchev–Trinajstić information content (AvgIpc) is 3.50. The fraction of sp³-hybridized carbons (Fsp3) is 0.231. The lowest BCUT2D eigenvalue weighted by molar-refractivity contribution is -0.274. The Morgan fingerprint density at radius 3 is 2.14 bits per heavy atom. The number of phenols is 1. The largest absolute Gasteiger partial charge is 0.573 e. The minimum absolute atomic E-state index is 0.0266. The second kappa shape index (κ2) is 11.8. The van der Waals surface area contributed by atoms with E-state index < -0.39 is 76.5 Å². The van der Waals surface area contributed by atoms with Gasteiger partial charge >= 0.3 is 6.36 Å². The normalized spacial score (nSPS) is 27.2. The van der Waals surface area contributed by atoms with Gasteiger partial charge in [-0.1, -0.05) is 77.8 Å². The minimum Gasteiger partial charge on any atom is -0.508 e. The summed E-state index contributed by atoms with van der Waals surface area (Å²) in [5.41, 5.74) is -0.438. The van der Waals surface area contributed by atoms with Gasteiger partial charge in [-0.3, -0.25) is 24.1 Å². The van der Waals surface area contributed by atoms with Crippen LogP contribution >= 0.6 is 11.6 Å². The van der Waals surface area contributed by atoms with E-state index in [2.05, 4.69) is 4.74 Å². The molecular formula is C39H28ClF3N2O6. The first kappa shape index (κ1) is 32.8. The zero-order valence-corrected chi connectivity index (χ0v) is 27.3. The van der Waals surface area contributed by atoms with E-state index >= 15 is 4.79 Å². The third kappa shape index (κ3) is 4.97. The number of rotatable bonds is 5. The third-order valence-electron chi connectivity index (χ3n) is 10.7. The van der Waals surface area contributed by atoms with Crippen LogP contribution < -0.4 is 14.5 Å². The summed E-state index contributed by atoms with van der Waals surface area (Å²) in [4.78, 5) is 60.5. The molecule has 12 heteroatoms. The number of ether oxygens (including phenoxy) is 1. The van der Waals surface area contributed by atoms with Crippen molar-refractivity contribution in [2.75, 3.05) is 9.80 Å². The van der Waals surface area contributed by atoms with E-state index in [1.54, 1.807) is 84.9 Å². The van der Waals surface area contributed by atoms with Crippen LogP contribution in [0.2, 0.25) is 5.02 Å². The molecule has 8 rings (SSSR count). The van der Waals surface area contributed by atoms with Gasteiger partial charge < -0.3 is 9.84 Å². The Bertz CT molecular complexity index is 2140. The average molecular weight is 713 g/mol. The van der Waals surface area contributed by atoms with E-state index in [0.717, 1.165) is 28.0 Å². The van der Waals surface area contributed by atoms with Gasteiger partial charge in [-0.05, 0) is 72.9 Å². The molecule has 6 unspecified atom stereocenters. The highest BCUT2D eigenvalue weighted by Gasteiger charge is 2.70. The summed E-state index contributed by atoms with van der Waals surface area (Å²) in [7, 11) is 0. The number of allylic oxidation sites excluding steroid dienone is 2. The van der Waals surface area contributed by atoms with Gasteiger partial charge in [-0.2, -0.15) is 0 Å². The molecule has 2 heterocycles. The molecule has 3 fully saturated rings. The Balaban J connectivity index is 1.38. The van der Waals surface area contributed by atoms with Crippen molar-refractivity contribution in [3.05, 3.63) is 131 Å². The second-order valence-electron chi connectivity index (χ2n) is 13.2. The van der Waals surface area contributed by atoms with Crippen molar-refractivity contribution in [1.29, 1.82) is 0 Å². The molecule has 2 aliphatic heterocycles. The van der Waals surface area contributed by atoms with E-state index in [9.17, 15) is 32.7 Å². The van der Waals surface area contributed by atoms with Gasteiger partial charge in [0.05, 0.1) is 34.5 Å². The number of imide groups is 2. The molecule has 6 atom stereocenters. The number of hydrogen-bond acceptors (Lipinski definition) is 6. The van der Waals surface area contributed by atoms with Crippen molar-refractivity contribution in [3.63, 3.8) is 0 Å². The number of fused-ring (bicyclic) bond motifs is 4. The maximum atomic E-state index is 15.3. The van der Waals surface area contributed by atoms with E-state index in [-0.39, 0.29) is 29.1 Å². The van der Waals surface area contributed by atoms with Crippen LogP contribution in [0.3, 0.4) is 0 Å². The number of hydrogen-bond donors (Lipinski definition) is 1. The number of anilines is 2. The Morgan fingerprint density at radius 1 is 0.765 bits per heavy atom. The van der Waals surface area contributed by atoms with Crippen molar-refractivity contribution < 1.29 is 42.2 Å². The fourth-order valence-corrected chi connectivity index (χ4v) is 9.07. The number of para-hydroxylation sites is 1. The smallest absolute Gasteiger partial charge is 0.508 e. The number of nitrogens with zero attached hydrogens (tertiary/aromatic N) is 2. The molecule has 4 aromatic carbocycles. The van der Waals surface area contributed by atoms with Crippen LogP contribution in [-0.2, 0) is 24.6 Å². The number of aromatic hydroxyl groups is 1. The standard InChI is InChI=1S/C39H28ClF3N2O6/c40-22-10-7-13-24(18-22)45-35(48)30-20-28-26(15-16-27-32(28)36(49)44(34(27)47)23-11-5-2-6-12-23)33(38(30,37(45)50)21-8-3-1-4-9-21)29-19-25(14-17-31(29)46)51-39(41,42)43/h1-15,17-19,27-28,30,32-33,46H,16,20H2. The number of alkyl halides is 3. The summed E-state index contributed by atoms with van der Waals surface area (Å²) in [6.07, 6.45) is -3.24. The first-order valence-corrected chi connectivity index (χ1v) is 16.7. The van der Waals surface area contributed by atoms with Crippen LogP contribution in [0.15, 0.2) is 115 Å². The predicted molar refractivity (Wildman–Crippen MR) is 180 cm³/mol. The number of phenolic OH excluding ortho intramolecular Hbond substituents is 1. The van der Waals surface area contributed by atoms with Crippen molar-refractivity contribution in [3.8, 4) is 11.5 Å². The van der Waals surface area contributed by atoms with Crippen molar-refractivity contribution >= 4 is 46.6 Å². The van der Waals surface area contributed by atoms with Gasteiger partial charge in [-0.25, -0.2) is 4.90 Å². The topological polar surface area (TPSA) is 104 Å². The molecule has 0 bridgehead atoms. The molecule has 258 valence electrons. The first-order chi connectivity index (χ1) is 24.4. The number of carbonyl (C=O) groups is 4. The van der Waals surface area contributed by atoms with Gasteiger partial charge in [0.1, 0.15) is 11.5 Å². The fourth-order valence-electron chi connectivity index (χ4n) is 8.88. The summed E-state index contributed by atoms with van der Waals surface area (Å²) in [6, 6.07) is 26.2. The monoisotopic (exact) mass is 712 g/mol. The SMILES string of the molecule is O=C1C2CC=C3C(CC4C(=O)N(c5cccc(Cl)c5)C(=O)C4(c4ccccc4)C3c3cc(OC(F)(F)F)ccc3O)C2C(=O)N1c1ccccc1. The van der Waals surface area contributed by atoms with Crippen LogP contribution in [0.25, 0.3) is 0 Å². The van der Waals surface area contributed by atoms with Crippen LogP contribution in [0.5, 0.6) is 11.5 Å². The molecule has 8 nitrogen and oxygen atoms in total. The molecule has 1 saturated carbocycles. The maximum absolute atomic E-state index is 15.3. The summed E-state index contributed by atoms with van der Waals surface area (Å²) < 4.78 is 44.9. The molecule has 4 aliphatic rings. The van der Waals surface area contributed by atoms with E-state index in [4.69, 9.17) is 11.6 Å². The van der Waals surface area contributed by atoms with Crippen LogP contribution in [0.4, 0.5) is 24.5 Å². The highest BCUT2D eigenvalue weighted by atomic mass is 35.5. The molecule has 1 N–H and O–H groups in total. The molecule has 4 aromatic rings. The molecule has 0 radical (unpaired) electrons. The maximum Gasteiger partial charge on any atom is 0.573 e. The highest BCUT2D eigenvalue weighted by Crippen LogP contribution is 2.65. The Hall–Kier alpha value is -5.42. The van der Waals surface area contributed by atoms with E-state index in [1.807, 2.05) is 0 Å². The highest BCUT2D eigenvalue weighted by molar-refractivity contribution is 6.32. The number of halogens is 4. The molecule has 0 spiro atoms.